The normalized spacial score (nSPS) is 22.2. The molecule has 0 radical (unpaired) electrons. The molecule has 0 saturated heterocycles. The highest BCUT2D eigenvalue weighted by Gasteiger charge is 2.53. The Bertz CT molecular complexity index is 1120. The number of rotatable bonds is 7. The van der Waals surface area contributed by atoms with Crippen LogP contribution in [0, 0.1) is 0 Å². The van der Waals surface area contributed by atoms with Crippen molar-refractivity contribution in [3.8, 4) is 11.5 Å². The van der Waals surface area contributed by atoms with Crippen LogP contribution in [-0.4, -0.2) is 49.6 Å². The topological polar surface area (TPSA) is 65.1 Å². The van der Waals surface area contributed by atoms with Gasteiger partial charge in [-0.15, -0.1) is 0 Å². The lowest BCUT2D eigenvalue weighted by molar-refractivity contribution is 0.0180. The number of carbonyl (C=O) groups is 2. The van der Waals surface area contributed by atoms with E-state index >= 15 is 0 Å². The molecule has 2 aromatic rings. The second kappa shape index (κ2) is 9.26. The number of hydrogen-bond donors (Lipinski definition) is 0. The molecule has 0 saturated carbocycles. The predicted octanol–water partition coefficient (Wildman–Crippen LogP) is 4.94. The Morgan fingerprint density at radius 1 is 1.18 bits per heavy atom. The van der Waals surface area contributed by atoms with E-state index in [9.17, 15) is 9.59 Å². The third kappa shape index (κ3) is 4.11. The molecule has 0 aromatic heterocycles. The van der Waals surface area contributed by atoms with E-state index in [4.69, 9.17) is 14.2 Å². The first kappa shape index (κ1) is 24.0. The Labute approximate surface area is 201 Å². The highest BCUT2D eigenvalue weighted by molar-refractivity contribution is 5.96. The van der Waals surface area contributed by atoms with Gasteiger partial charge >= 0.3 is 5.97 Å². The molecule has 0 fully saturated rings. The van der Waals surface area contributed by atoms with Crippen LogP contribution in [0.2, 0.25) is 0 Å². The third-order valence-corrected chi connectivity index (χ3v) is 7.15. The molecule has 180 valence electrons. The first-order valence-electron chi connectivity index (χ1n) is 11.7. The molecule has 0 aliphatic carbocycles. The van der Waals surface area contributed by atoms with Crippen LogP contribution in [0.5, 0.6) is 11.5 Å². The maximum atomic E-state index is 12.8. The van der Waals surface area contributed by atoms with Crippen molar-refractivity contribution in [2.75, 3.05) is 20.7 Å². The molecule has 0 bridgehead atoms. The van der Waals surface area contributed by atoms with Crippen molar-refractivity contribution in [1.29, 1.82) is 0 Å². The van der Waals surface area contributed by atoms with E-state index in [0.29, 0.717) is 23.3 Å². The maximum Gasteiger partial charge on any atom is 0.338 e. The summed E-state index contributed by atoms with van der Waals surface area (Å²) in [6.07, 6.45) is 0.769. The van der Waals surface area contributed by atoms with E-state index in [1.54, 1.807) is 31.4 Å². The predicted molar refractivity (Wildman–Crippen MR) is 131 cm³/mol. The summed E-state index contributed by atoms with van der Waals surface area (Å²) in [5.41, 5.74) is 4.02. The minimum absolute atomic E-state index is 0.0415. The van der Waals surface area contributed by atoms with Gasteiger partial charge in [0.25, 0.3) is 0 Å². The van der Waals surface area contributed by atoms with Gasteiger partial charge in [0.1, 0.15) is 12.2 Å². The van der Waals surface area contributed by atoms with Gasteiger partial charge in [0.2, 0.25) is 0 Å². The summed E-state index contributed by atoms with van der Waals surface area (Å²) >= 11 is 0. The highest BCUT2D eigenvalue weighted by Crippen LogP contribution is 2.56. The van der Waals surface area contributed by atoms with Crippen molar-refractivity contribution in [2.24, 2.45) is 0 Å². The van der Waals surface area contributed by atoms with Crippen LogP contribution in [0.25, 0.3) is 0 Å². The number of carbonyl (C=O) groups excluding carboxylic acids is 2. The first-order valence-corrected chi connectivity index (χ1v) is 11.7. The Kier molecular flexibility index (Phi) is 6.54. The Morgan fingerprint density at radius 3 is 2.47 bits per heavy atom. The summed E-state index contributed by atoms with van der Waals surface area (Å²) in [5, 5.41) is 0. The molecular weight excluding hydrogens is 430 g/mol. The molecule has 3 atom stereocenters. The van der Waals surface area contributed by atoms with Gasteiger partial charge in [-0.2, -0.15) is 0 Å². The number of nitrogens with zero attached hydrogens (tertiary/aromatic N) is 1. The molecule has 1 unspecified atom stereocenters. The molecule has 4 rings (SSSR count). The summed E-state index contributed by atoms with van der Waals surface area (Å²) in [6, 6.07) is 10.6. The second-order valence-electron chi connectivity index (χ2n) is 9.56. The van der Waals surface area contributed by atoms with E-state index < -0.39 is 5.97 Å². The average molecular weight is 464 g/mol. The number of ether oxygens (including phenoxy) is 3. The van der Waals surface area contributed by atoms with Gasteiger partial charge in [-0.25, -0.2) is 4.79 Å². The minimum atomic E-state index is -0.415. The molecule has 6 nitrogen and oxygen atoms in total. The number of Topliss-reactive ketones (excluding diaryl/α,β-unsaturated/α-hetero) is 1. The van der Waals surface area contributed by atoms with E-state index in [2.05, 4.69) is 31.5 Å². The smallest absolute Gasteiger partial charge is 0.338 e. The second-order valence-corrected chi connectivity index (χ2v) is 9.56. The van der Waals surface area contributed by atoms with Crippen LogP contribution >= 0.6 is 0 Å². The van der Waals surface area contributed by atoms with Crippen molar-refractivity contribution in [2.45, 2.75) is 57.8 Å². The standard InChI is InChI=1S/C28H33NO5/c1-17(2)28-13-14-29(5)16-22-11-12-23(32-6)26(25(22)28)34-24(28)15-18(3)33-27(31)21-9-7-20(8-10-21)19(4)30/h7-12,18,24H,1,13-16H2,2-6H3/t18-,24?,28+/m0/s1. The van der Waals surface area contributed by atoms with E-state index in [1.807, 2.05) is 13.0 Å². The third-order valence-electron chi connectivity index (χ3n) is 7.15. The van der Waals surface area contributed by atoms with Crippen molar-refractivity contribution in [3.63, 3.8) is 0 Å². The van der Waals surface area contributed by atoms with Crippen LogP contribution in [0.4, 0.5) is 0 Å². The monoisotopic (exact) mass is 463 g/mol. The molecule has 0 amide bonds. The largest absolute Gasteiger partial charge is 0.493 e. The van der Waals surface area contributed by atoms with Crippen LogP contribution in [0.3, 0.4) is 0 Å². The Hall–Kier alpha value is -3.12. The zero-order chi connectivity index (χ0) is 24.6. The van der Waals surface area contributed by atoms with Gasteiger partial charge in [0.15, 0.2) is 17.3 Å². The molecule has 34 heavy (non-hydrogen) atoms. The minimum Gasteiger partial charge on any atom is -0.493 e. The van der Waals surface area contributed by atoms with Gasteiger partial charge in [0.05, 0.1) is 18.1 Å². The fourth-order valence-electron chi connectivity index (χ4n) is 5.32. The molecule has 2 aliphatic heterocycles. The lowest BCUT2D eigenvalue weighted by Crippen LogP contribution is -2.42. The first-order chi connectivity index (χ1) is 16.2. The summed E-state index contributed by atoms with van der Waals surface area (Å²) < 4.78 is 18.0. The summed E-state index contributed by atoms with van der Waals surface area (Å²) in [5.74, 6) is 1.04. The number of hydrogen-bond acceptors (Lipinski definition) is 6. The number of ketones is 1. The van der Waals surface area contributed by atoms with E-state index in [1.165, 1.54) is 12.5 Å². The lowest BCUT2D eigenvalue weighted by atomic mass is 9.67. The maximum absolute atomic E-state index is 12.8. The van der Waals surface area contributed by atoms with Crippen LogP contribution in [-0.2, 0) is 16.7 Å². The average Bonchev–Trinajstić information content (AvgIpc) is 3.03. The molecular formula is C28H33NO5. The summed E-state index contributed by atoms with van der Waals surface area (Å²) in [7, 11) is 3.78. The van der Waals surface area contributed by atoms with Crippen LogP contribution in [0.1, 0.15) is 65.5 Å². The van der Waals surface area contributed by atoms with Gasteiger partial charge in [0, 0.05) is 24.1 Å². The zero-order valence-corrected chi connectivity index (χ0v) is 20.6. The van der Waals surface area contributed by atoms with Crippen molar-refractivity contribution in [3.05, 3.63) is 70.8 Å². The SMILES string of the molecule is C=C(C)[C@@]12CCN(C)Cc3ccc(OC)c(c31)OC2C[C@H](C)OC(=O)c1ccc(C(C)=O)cc1. The van der Waals surface area contributed by atoms with Crippen LogP contribution < -0.4 is 9.47 Å². The van der Waals surface area contributed by atoms with Gasteiger partial charge in [-0.05, 0) is 64.5 Å². The number of esters is 1. The van der Waals surface area contributed by atoms with E-state index in [0.717, 1.165) is 36.4 Å². The van der Waals surface area contributed by atoms with Crippen molar-refractivity contribution < 1.29 is 23.8 Å². The van der Waals surface area contributed by atoms with E-state index in [-0.39, 0.29) is 23.4 Å². The number of benzene rings is 2. The highest BCUT2D eigenvalue weighted by atomic mass is 16.6. The van der Waals surface area contributed by atoms with Gasteiger partial charge < -0.3 is 19.1 Å². The van der Waals surface area contributed by atoms with Gasteiger partial charge in [-0.1, -0.05) is 30.4 Å². The Morgan fingerprint density at radius 2 is 1.85 bits per heavy atom. The summed E-state index contributed by atoms with van der Waals surface area (Å²) in [4.78, 5) is 26.6. The van der Waals surface area contributed by atoms with Crippen molar-refractivity contribution >= 4 is 11.8 Å². The zero-order valence-electron chi connectivity index (χ0n) is 20.6. The molecule has 0 N–H and O–H groups in total. The summed E-state index contributed by atoms with van der Waals surface area (Å²) in [6.45, 7) is 11.6. The fraction of sp³-hybridized carbons (Fsp3) is 0.429. The molecule has 0 spiro atoms. The molecule has 6 heteroatoms. The molecule has 2 aliphatic rings. The quantitative estimate of drug-likeness (QED) is 0.329. The van der Waals surface area contributed by atoms with Gasteiger partial charge in [-0.3, -0.25) is 4.79 Å². The molecule has 2 aromatic carbocycles. The van der Waals surface area contributed by atoms with Crippen molar-refractivity contribution in [1.82, 2.24) is 4.90 Å². The number of methoxy groups -OCH3 is 1. The fourth-order valence-corrected chi connectivity index (χ4v) is 5.32. The lowest BCUT2D eigenvalue weighted by Gasteiger charge is -2.36. The molecule has 2 heterocycles. The Balaban J connectivity index is 1.60. The van der Waals surface area contributed by atoms with Crippen LogP contribution in [0.15, 0.2) is 48.6 Å².